The third-order valence-electron chi connectivity index (χ3n) is 3.49. The van der Waals surface area contributed by atoms with Crippen LogP contribution < -0.4 is 5.32 Å². The van der Waals surface area contributed by atoms with E-state index in [4.69, 9.17) is 5.11 Å². The van der Waals surface area contributed by atoms with Gasteiger partial charge in [0, 0.05) is 17.1 Å². The number of rotatable bonds is 6. The Bertz CT molecular complexity index is 835. The minimum absolute atomic E-state index is 0.157. The number of fused-ring (bicyclic) bond motifs is 1. The molecule has 2 N–H and O–H groups in total. The molecule has 0 fully saturated rings. The van der Waals surface area contributed by atoms with Gasteiger partial charge in [-0.1, -0.05) is 5.21 Å². The van der Waals surface area contributed by atoms with Crippen LogP contribution in [0.4, 0.5) is 5.69 Å². The molecule has 120 valence electrons. The van der Waals surface area contributed by atoms with E-state index in [9.17, 15) is 4.79 Å². The summed E-state index contributed by atoms with van der Waals surface area (Å²) in [5, 5.41) is 25.4. The van der Waals surface area contributed by atoms with Gasteiger partial charge >= 0.3 is 5.97 Å². The van der Waals surface area contributed by atoms with E-state index in [1.165, 1.54) is 4.68 Å². The van der Waals surface area contributed by atoms with Crippen molar-refractivity contribution in [3.63, 3.8) is 0 Å². The number of carbonyl (C=O) groups is 1. The highest BCUT2D eigenvalue weighted by atomic mass is 16.4. The molecule has 0 radical (unpaired) electrons. The third kappa shape index (κ3) is 3.31. The van der Waals surface area contributed by atoms with Crippen LogP contribution in [0.5, 0.6) is 0 Å². The highest BCUT2D eigenvalue weighted by Crippen LogP contribution is 2.19. The standard InChI is InChI=1S/C15H18N6O2/c1-10(2)20-8-13(18-19-20)7-16-12-4-3-11-6-17-21(9-15(22)23)14(11)5-12/h3-6,8,10,16H,7,9H2,1-2H3,(H,22,23). The van der Waals surface area contributed by atoms with E-state index in [1.807, 2.05) is 42.9 Å². The summed E-state index contributed by atoms with van der Waals surface area (Å²) >= 11 is 0. The average Bonchev–Trinajstić information content (AvgIpc) is 3.12. The van der Waals surface area contributed by atoms with E-state index in [-0.39, 0.29) is 12.6 Å². The van der Waals surface area contributed by atoms with Gasteiger partial charge in [-0.25, -0.2) is 4.68 Å². The van der Waals surface area contributed by atoms with Gasteiger partial charge in [-0.3, -0.25) is 9.48 Å². The van der Waals surface area contributed by atoms with Gasteiger partial charge in [-0.15, -0.1) is 5.10 Å². The van der Waals surface area contributed by atoms with Gasteiger partial charge in [0.2, 0.25) is 0 Å². The Kier molecular flexibility index (Phi) is 3.96. The summed E-state index contributed by atoms with van der Waals surface area (Å²) in [5.41, 5.74) is 2.50. The minimum atomic E-state index is -0.918. The quantitative estimate of drug-likeness (QED) is 0.721. The molecule has 3 rings (SSSR count). The number of benzene rings is 1. The minimum Gasteiger partial charge on any atom is -0.480 e. The summed E-state index contributed by atoms with van der Waals surface area (Å²) in [7, 11) is 0. The molecule has 23 heavy (non-hydrogen) atoms. The van der Waals surface area contributed by atoms with Crippen molar-refractivity contribution in [1.82, 2.24) is 24.8 Å². The van der Waals surface area contributed by atoms with Crippen molar-refractivity contribution in [2.75, 3.05) is 5.32 Å². The number of carboxylic acids is 1. The molecule has 2 aromatic heterocycles. The highest BCUT2D eigenvalue weighted by molar-refractivity contribution is 5.83. The lowest BCUT2D eigenvalue weighted by molar-refractivity contribution is -0.137. The number of anilines is 1. The predicted molar refractivity (Wildman–Crippen MR) is 85.1 cm³/mol. The van der Waals surface area contributed by atoms with Crippen LogP contribution in [0.25, 0.3) is 10.9 Å². The molecule has 0 unspecified atom stereocenters. The lowest BCUT2D eigenvalue weighted by Gasteiger charge is -2.06. The molecule has 0 aliphatic heterocycles. The second-order valence-corrected chi connectivity index (χ2v) is 5.61. The number of nitrogens with zero attached hydrogens (tertiary/aromatic N) is 5. The van der Waals surface area contributed by atoms with Crippen molar-refractivity contribution in [1.29, 1.82) is 0 Å². The van der Waals surface area contributed by atoms with Crippen LogP contribution in [0.15, 0.2) is 30.6 Å². The molecule has 0 saturated carbocycles. The van der Waals surface area contributed by atoms with E-state index < -0.39 is 5.97 Å². The lowest BCUT2D eigenvalue weighted by atomic mass is 10.2. The van der Waals surface area contributed by atoms with E-state index in [2.05, 4.69) is 20.7 Å². The topological polar surface area (TPSA) is 97.9 Å². The summed E-state index contributed by atoms with van der Waals surface area (Å²) in [6.45, 7) is 4.48. The predicted octanol–water partition coefficient (Wildman–Crippen LogP) is 1.91. The molecule has 0 aliphatic carbocycles. The van der Waals surface area contributed by atoms with Crippen molar-refractivity contribution in [2.24, 2.45) is 0 Å². The fraction of sp³-hybridized carbons (Fsp3) is 0.333. The number of nitrogens with one attached hydrogen (secondary N) is 1. The molecule has 0 saturated heterocycles. The van der Waals surface area contributed by atoms with Crippen LogP contribution >= 0.6 is 0 Å². The van der Waals surface area contributed by atoms with E-state index in [0.717, 1.165) is 22.3 Å². The zero-order valence-electron chi connectivity index (χ0n) is 13.0. The summed E-state index contributed by atoms with van der Waals surface area (Å²) in [5.74, 6) is -0.918. The van der Waals surface area contributed by atoms with Gasteiger partial charge in [-0.05, 0) is 32.0 Å². The van der Waals surface area contributed by atoms with Gasteiger partial charge in [0.1, 0.15) is 12.2 Å². The monoisotopic (exact) mass is 314 g/mol. The fourth-order valence-corrected chi connectivity index (χ4v) is 2.27. The summed E-state index contributed by atoms with van der Waals surface area (Å²) in [6.07, 6.45) is 3.57. The Morgan fingerprint density at radius 2 is 2.22 bits per heavy atom. The molecular formula is C15H18N6O2. The van der Waals surface area contributed by atoms with Crippen LogP contribution in [0, 0.1) is 0 Å². The second kappa shape index (κ2) is 6.07. The second-order valence-electron chi connectivity index (χ2n) is 5.61. The molecular weight excluding hydrogens is 296 g/mol. The molecule has 0 bridgehead atoms. The van der Waals surface area contributed by atoms with Crippen molar-refractivity contribution in [3.05, 3.63) is 36.3 Å². The number of hydrogen-bond donors (Lipinski definition) is 2. The van der Waals surface area contributed by atoms with Crippen LogP contribution in [0.1, 0.15) is 25.6 Å². The number of aromatic nitrogens is 5. The maximum absolute atomic E-state index is 10.9. The molecule has 0 spiro atoms. The molecule has 0 aliphatic rings. The molecule has 8 nitrogen and oxygen atoms in total. The van der Waals surface area contributed by atoms with Crippen LogP contribution in [0.3, 0.4) is 0 Å². The van der Waals surface area contributed by atoms with Gasteiger partial charge in [-0.2, -0.15) is 5.10 Å². The average molecular weight is 314 g/mol. The molecule has 8 heteroatoms. The third-order valence-corrected chi connectivity index (χ3v) is 3.49. The van der Waals surface area contributed by atoms with Gasteiger partial charge in [0.05, 0.1) is 24.5 Å². The maximum atomic E-state index is 10.9. The van der Waals surface area contributed by atoms with Crippen molar-refractivity contribution < 1.29 is 9.90 Å². The Balaban J connectivity index is 1.75. The molecule has 0 atom stereocenters. The molecule has 0 amide bonds. The first kappa shape index (κ1) is 15.0. The fourth-order valence-electron chi connectivity index (χ4n) is 2.27. The van der Waals surface area contributed by atoms with Gasteiger partial charge in [0.15, 0.2) is 0 Å². The Morgan fingerprint density at radius 1 is 1.39 bits per heavy atom. The number of aliphatic carboxylic acids is 1. The number of hydrogen-bond acceptors (Lipinski definition) is 5. The maximum Gasteiger partial charge on any atom is 0.325 e. The first-order valence-corrected chi connectivity index (χ1v) is 7.35. The van der Waals surface area contributed by atoms with E-state index in [0.29, 0.717) is 6.54 Å². The van der Waals surface area contributed by atoms with Gasteiger partial charge in [0.25, 0.3) is 0 Å². The largest absolute Gasteiger partial charge is 0.480 e. The highest BCUT2D eigenvalue weighted by Gasteiger charge is 2.08. The summed E-state index contributed by atoms with van der Waals surface area (Å²) in [4.78, 5) is 10.9. The SMILES string of the molecule is CC(C)n1cc(CNc2ccc3cnn(CC(=O)O)c3c2)nn1. The van der Waals surface area contributed by atoms with Crippen LogP contribution in [-0.2, 0) is 17.9 Å². The van der Waals surface area contributed by atoms with E-state index in [1.54, 1.807) is 6.20 Å². The molecule has 1 aromatic carbocycles. The normalized spacial score (nSPS) is 11.3. The molecule has 2 heterocycles. The Hall–Kier alpha value is -2.90. The van der Waals surface area contributed by atoms with Crippen molar-refractivity contribution in [2.45, 2.75) is 33.0 Å². The van der Waals surface area contributed by atoms with Crippen molar-refractivity contribution >= 4 is 22.6 Å². The zero-order chi connectivity index (χ0) is 16.4. The number of carboxylic acid groups (broad SMARTS) is 1. The first-order valence-electron chi connectivity index (χ1n) is 7.35. The Labute approximate surface area is 132 Å². The van der Waals surface area contributed by atoms with Gasteiger partial charge < -0.3 is 10.4 Å². The van der Waals surface area contributed by atoms with Crippen LogP contribution in [0.2, 0.25) is 0 Å². The summed E-state index contributed by atoms with van der Waals surface area (Å²) < 4.78 is 3.28. The van der Waals surface area contributed by atoms with Crippen molar-refractivity contribution in [3.8, 4) is 0 Å². The zero-order valence-corrected chi connectivity index (χ0v) is 13.0. The summed E-state index contributed by atoms with van der Waals surface area (Å²) in [6, 6.07) is 6.01. The molecule has 3 aromatic rings. The first-order chi connectivity index (χ1) is 11.0. The smallest absolute Gasteiger partial charge is 0.325 e. The Morgan fingerprint density at radius 3 is 2.91 bits per heavy atom. The lowest BCUT2D eigenvalue weighted by Crippen LogP contribution is -2.09. The van der Waals surface area contributed by atoms with Crippen LogP contribution in [-0.4, -0.2) is 35.9 Å². The van der Waals surface area contributed by atoms with E-state index >= 15 is 0 Å².